The highest BCUT2D eigenvalue weighted by Crippen LogP contribution is 2.34. The molecule has 17 heavy (non-hydrogen) atoms. The second kappa shape index (κ2) is 8.97. The first-order valence-electron chi connectivity index (χ1n) is 8.03. The van der Waals surface area contributed by atoms with E-state index in [4.69, 9.17) is 5.73 Å². The maximum absolute atomic E-state index is 5.99. The molecule has 1 unspecified atom stereocenters. The average Bonchev–Trinajstić information content (AvgIpc) is 2.35. The van der Waals surface area contributed by atoms with Crippen LogP contribution in [0.25, 0.3) is 0 Å². The molecule has 0 aromatic carbocycles. The molecular weight excluding hydrogens is 206 g/mol. The minimum Gasteiger partial charge on any atom is -0.328 e. The van der Waals surface area contributed by atoms with Crippen LogP contribution in [0.5, 0.6) is 0 Å². The molecule has 1 atom stereocenters. The Morgan fingerprint density at radius 3 is 2.18 bits per heavy atom. The Balaban J connectivity index is 2.14. The molecule has 102 valence electrons. The van der Waals surface area contributed by atoms with Crippen molar-refractivity contribution in [2.24, 2.45) is 17.6 Å². The van der Waals surface area contributed by atoms with Crippen LogP contribution in [0.2, 0.25) is 0 Å². The van der Waals surface area contributed by atoms with Gasteiger partial charge in [-0.1, -0.05) is 58.8 Å². The highest BCUT2D eigenvalue weighted by Gasteiger charge is 2.24. The zero-order chi connectivity index (χ0) is 12.5. The fourth-order valence-corrected chi connectivity index (χ4v) is 3.40. The average molecular weight is 239 g/mol. The quantitative estimate of drug-likeness (QED) is 0.600. The van der Waals surface area contributed by atoms with Gasteiger partial charge in [0.25, 0.3) is 0 Å². The van der Waals surface area contributed by atoms with Gasteiger partial charge in [0, 0.05) is 6.04 Å². The number of rotatable bonds is 8. The molecule has 1 rings (SSSR count). The van der Waals surface area contributed by atoms with Gasteiger partial charge in [-0.3, -0.25) is 0 Å². The summed E-state index contributed by atoms with van der Waals surface area (Å²) in [5.74, 6) is 1.98. The van der Waals surface area contributed by atoms with Crippen molar-refractivity contribution in [3.05, 3.63) is 0 Å². The molecule has 1 heteroatoms. The van der Waals surface area contributed by atoms with Crippen molar-refractivity contribution in [3.63, 3.8) is 0 Å². The van der Waals surface area contributed by atoms with Gasteiger partial charge in [0.1, 0.15) is 0 Å². The van der Waals surface area contributed by atoms with E-state index in [0.29, 0.717) is 6.04 Å². The first-order valence-corrected chi connectivity index (χ1v) is 8.03. The highest BCUT2D eigenvalue weighted by atomic mass is 14.6. The lowest BCUT2D eigenvalue weighted by molar-refractivity contribution is 0.213. The fourth-order valence-electron chi connectivity index (χ4n) is 3.40. The van der Waals surface area contributed by atoms with Crippen molar-refractivity contribution in [3.8, 4) is 0 Å². The van der Waals surface area contributed by atoms with E-state index in [-0.39, 0.29) is 0 Å². The van der Waals surface area contributed by atoms with Gasteiger partial charge < -0.3 is 5.73 Å². The Kier molecular flexibility index (Phi) is 7.92. The molecule has 2 N–H and O–H groups in total. The first-order chi connectivity index (χ1) is 8.27. The van der Waals surface area contributed by atoms with Crippen molar-refractivity contribution < 1.29 is 0 Å². The van der Waals surface area contributed by atoms with Crippen LogP contribution in [0, 0.1) is 11.8 Å². The van der Waals surface area contributed by atoms with E-state index in [9.17, 15) is 0 Å². The topological polar surface area (TPSA) is 26.0 Å². The molecule has 1 aliphatic rings. The fraction of sp³-hybridized carbons (Fsp3) is 1.00. The second-order valence-electron chi connectivity index (χ2n) is 6.05. The summed E-state index contributed by atoms with van der Waals surface area (Å²) >= 11 is 0. The third-order valence-electron chi connectivity index (χ3n) is 4.69. The predicted octanol–water partition coefficient (Wildman–Crippen LogP) is 4.89. The first kappa shape index (κ1) is 15.0. The Morgan fingerprint density at radius 2 is 1.59 bits per heavy atom. The van der Waals surface area contributed by atoms with E-state index < -0.39 is 0 Å². The van der Waals surface area contributed by atoms with Gasteiger partial charge >= 0.3 is 0 Å². The van der Waals surface area contributed by atoms with E-state index in [0.717, 1.165) is 11.8 Å². The van der Waals surface area contributed by atoms with Crippen LogP contribution in [-0.2, 0) is 0 Å². The van der Waals surface area contributed by atoms with E-state index in [2.05, 4.69) is 13.8 Å². The number of nitrogens with two attached hydrogens (primary N) is 1. The number of hydrogen-bond acceptors (Lipinski definition) is 1. The lowest BCUT2D eigenvalue weighted by Gasteiger charge is -2.32. The molecule has 1 nitrogen and oxygen atoms in total. The van der Waals surface area contributed by atoms with Crippen molar-refractivity contribution in [1.29, 1.82) is 0 Å². The molecule has 0 spiro atoms. The van der Waals surface area contributed by atoms with E-state index in [1.165, 1.54) is 70.6 Å². The second-order valence-corrected chi connectivity index (χ2v) is 6.05. The largest absolute Gasteiger partial charge is 0.328 e. The monoisotopic (exact) mass is 239 g/mol. The predicted molar refractivity (Wildman–Crippen MR) is 77.1 cm³/mol. The lowest BCUT2D eigenvalue weighted by atomic mass is 9.75. The minimum absolute atomic E-state index is 0.508. The Hall–Kier alpha value is -0.0400. The maximum atomic E-state index is 5.99. The van der Waals surface area contributed by atoms with Gasteiger partial charge in [-0.2, -0.15) is 0 Å². The van der Waals surface area contributed by atoms with Crippen LogP contribution in [0.3, 0.4) is 0 Å². The molecule has 0 bridgehead atoms. The van der Waals surface area contributed by atoms with Gasteiger partial charge in [0.2, 0.25) is 0 Å². The van der Waals surface area contributed by atoms with Crippen LogP contribution in [0.4, 0.5) is 0 Å². The van der Waals surface area contributed by atoms with Gasteiger partial charge in [-0.15, -0.1) is 0 Å². The smallest absolute Gasteiger partial charge is 0.00390 e. The summed E-state index contributed by atoms with van der Waals surface area (Å²) in [7, 11) is 0. The number of unbranched alkanes of at least 4 members (excludes halogenated alkanes) is 4. The Morgan fingerprint density at radius 1 is 0.941 bits per heavy atom. The van der Waals surface area contributed by atoms with Gasteiger partial charge in [-0.05, 0) is 37.5 Å². The summed E-state index contributed by atoms with van der Waals surface area (Å²) in [6.07, 6.45) is 15.3. The summed E-state index contributed by atoms with van der Waals surface area (Å²) in [5, 5.41) is 0. The molecular formula is C16H33N. The van der Waals surface area contributed by atoms with Crippen molar-refractivity contribution in [1.82, 2.24) is 0 Å². The van der Waals surface area contributed by atoms with Crippen LogP contribution in [-0.4, -0.2) is 6.04 Å². The standard InChI is InChI=1S/C16H33N/c1-3-5-6-7-8-9-14(4-2)15-10-12-16(17)13-11-15/h14-16H,3-13,17H2,1-2H3. The highest BCUT2D eigenvalue weighted by molar-refractivity contribution is 4.78. The normalized spacial score (nSPS) is 27.0. The van der Waals surface area contributed by atoms with Gasteiger partial charge in [0.15, 0.2) is 0 Å². The molecule has 0 radical (unpaired) electrons. The van der Waals surface area contributed by atoms with Crippen LogP contribution >= 0.6 is 0 Å². The molecule has 0 amide bonds. The molecule has 1 fully saturated rings. The van der Waals surface area contributed by atoms with Crippen molar-refractivity contribution in [2.45, 2.75) is 90.5 Å². The summed E-state index contributed by atoms with van der Waals surface area (Å²) in [5.41, 5.74) is 5.99. The third kappa shape index (κ3) is 5.90. The molecule has 0 aliphatic heterocycles. The molecule has 0 saturated heterocycles. The third-order valence-corrected chi connectivity index (χ3v) is 4.69. The molecule has 1 aliphatic carbocycles. The molecule has 0 heterocycles. The maximum Gasteiger partial charge on any atom is 0.00390 e. The summed E-state index contributed by atoms with van der Waals surface area (Å²) in [4.78, 5) is 0. The molecule has 1 saturated carbocycles. The summed E-state index contributed by atoms with van der Waals surface area (Å²) in [6, 6.07) is 0.508. The van der Waals surface area contributed by atoms with Crippen molar-refractivity contribution >= 4 is 0 Å². The van der Waals surface area contributed by atoms with Gasteiger partial charge in [0.05, 0.1) is 0 Å². The van der Waals surface area contributed by atoms with E-state index >= 15 is 0 Å². The SMILES string of the molecule is CCCCCCCC(CC)C1CCC(N)CC1. The van der Waals surface area contributed by atoms with E-state index in [1.807, 2.05) is 0 Å². The van der Waals surface area contributed by atoms with Crippen molar-refractivity contribution in [2.75, 3.05) is 0 Å². The molecule has 0 aromatic heterocycles. The zero-order valence-electron chi connectivity index (χ0n) is 12.1. The van der Waals surface area contributed by atoms with Crippen LogP contribution < -0.4 is 5.73 Å². The lowest BCUT2D eigenvalue weighted by Crippen LogP contribution is -2.29. The zero-order valence-corrected chi connectivity index (χ0v) is 12.1. The molecule has 0 aromatic rings. The van der Waals surface area contributed by atoms with E-state index in [1.54, 1.807) is 0 Å². The van der Waals surface area contributed by atoms with Crippen LogP contribution in [0.1, 0.15) is 84.5 Å². The van der Waals surface area contributed by atoms with Crippen LogP contribution in [0.15, 0.2) is 0 Å². The summed E-state index contributed by atoms with van der Waals surface area (Å²) in [6.45, 7) is 4.67. The van der Waals surface area contributed by atoms with Gasteiger partial charge in [-0.25, -0.2) is 0 Å². The Bertz CT molecular complexity index is 170. The number of hydrogen-bond donors (Lipinski definition) is 1. The summed E-state index contributed by atoms with van der Waals surface area (Å²) < 4.78 is 0. The minimum atomic E-state index is 0.508. The Labute approximate surface area is 109 Å².